The number of hydrogen-bond acceptors (Lipinski definition) is 3. The van der Waals surface area contributed by atoms with Gasteiger partial charge in [-0.1, -0.05) is 5.92 Å². The van der Waals surface area contributed by atoms with Crippen LogP contribution in [-0.4, -0.2) is 47.9 Å². The van der Waals surface area contributed by atoms with Gasteiger partial charge in [0.25, 0.3) is 6.43 Å². The van der Waals surface area contributed by atoms with E-state index in [9.17, 15) is 13.6 Å². The van der Waals surface area contributed by atoms with E-state index in [0.29, 0.717) is 17.3 Å². The highest BCUT2D eigenvalue weighted by atomic mass is 32.1. The first-order chi connectivity index (χ1) is 11.6. The van der Waals surface area contributed by atoms with Gasteiger partial charge in [-0.25, -0.2) is 4.79 Å². The van der Waals surface area contributed by atoms with Crippen molar-refractivity contribution < 1.29 is 13.6 Å². The Morgan fingerprint density at radius 1 is 1.42 bits per heavy atom. The van der Waals surface area contributed by atoms with E-state index >= 15 is 0 Å². The van der Waals surface area contributed by atoms with Crippen molar-refractivity contribution >= 4 is 23.4 Å². The summed E-state index contributed by atoms with van der Waals surface area (Å²) in [5, 5.41) is 3.13. The first-order valence-corrected chi connectivity index (χ1v) is 8.80. The molecule has 3 aliphatic rings. The van der Waals surface area contributed by atoms with Gasteiger partial charge in [0.05, 0.1) is 11.4 Å². The Morgan fingerprint density at radius 2 is 2.29 bits per heavy atom. The molecule has 4 heterocycles. The van der Waals surface area contributed by atoms with E-state index < -0.39 is 6.43 Å². The molecule has 2 fully saturated rings. The Labute approximate surface area is 143 Å². The molecule has 3 unspecified atom stereocenters. The molecule has 7 heteroatoms. The number of carbonyl (C=O) groups excluding carboxylic acids is 1. The zero-order valence-corrected chi connectivity index (χ0v) is 13.8. The molecule has 0 aliphatic carbocycles. The molecular formula is C17H17F2N3OS. The number of nitrogens with zero attached hydrogens (tertiary/aromatic N) is 2. The number of nitrogens with one attached hydrogen (secondary N) is 1. The van der Waals surface area contributed by atoms with Crippen molar-refractivity contribution in [1.82, 2.24) is 15.1 Å². The van der Waals surface area contributed by atoms with Gasteiger partial charge in [0.1, 0.15) is 0 Å². The van der Waals surface area contributed by atoms with E-state index in [2.05, 4.69) is 16.1 Å². The van der Waals surface area contributed by atoms with Crippen LogP contribution in [0.3, 0.4) is 0 Å². The van der Waals surface area contributed by atoms with Crippen molar-refractivity contribution in [2.24, 2.45) is 5.92 Å². The number of rotatable bonds is 1. The number of piperidine rings is 1. The maximum Gasteiger partial charge on any atom is 0.321 e. The Balaban J connectivity index is 1.41. The molecule has 2 saturated heterocycles. The topological polar surface area (TPSA) is 35.6 Å². The summed E-state index contributed by atoms with van der Waals surface area (Å²) in [6.45, 7) is 3.61. The second kappa shape index (κ2) is 6.19. The average molecular weight is 349 g/mol. The molecule has 3 aliphatic heterocycles. The Hall–Kier alpha value is -1.91. The molecule has 4 nitrogen and oxygen atoms in total. The average Bonchev–Trinajstić information content (AvgIpc) is 3.26. The van der Waals surface area contributed by atoms with Crippen LogP contribution in [0.1, 0.15) is 21.7 Å². The number of alkyl halides is 2. The molecule has 2 bridgehead atoms. The molecule has 0 radical (unpaired) electrons. The Kier molecular flexibility index (Phi) is 4.02. The summed E-state index contributed by atoms with van der Waals surface area (Å²) in [4.78, 5) is 18.1. The van der Waals surface area contributed by atoms with Crippen LogP contribution in [0.4, 0.5) is 13.6 Å². The van der Waals surface area contributed by atoms with E-state index in [4.69, 9.17) is 0 Å². The smallest absolute Gasteiger partial charge is 0.321 e. The molecule has 3 atom stereocenters. The fourth-order valence-electron chi connectivity index (χ4n) is 3.62. The summed E-state index contributed by atoms with van der Waals surface area (Å²) < 4.78 is 24.4. The predicted molar refractivity (Wildman–Crippen MR) is 88.6 cm³/mol. The van der Waals surface area contributed by atoms with Crippen LogP contribution in [0.5, 0.6) is 0 Å². The zero-order valence-electron chi connectivity index (χ0n) is 13.0. The minimum atomic E-state index is -2.63. The van der Waals surface area contributed by atoms with Gasteiger partial charge < -0.3 is 10.2 Å². The van der Waals surface area contributed by atoms with Crippen LogP contribution >= 0.6 is 11.3 Å². The molecule has 4 rings (SSSR count). The lowest BCUT2D eigenvalue weighted by atomic mass is 10.0. The minimum absolute atomic E-state index is 0.0953. The Bertz CT molecular complexity index is 749. The van der Waals surface area contributed by atoms with Gasteiger partial charge in [-0.15, -0.1) is 11.3 Å². The molecule has 2 amide bonds. The molecule has 126 valence electrons. The molecule has 1 aromatic rings. The van der Waals surface area contributed by atoms with Gasteiger partial charge >= 0.3 is 6.03 Å². The lowest BCUT2D eigenvalue weighted by Gasteiger charge is -2.28. The number of halogens is 2. The van der Waals surface area contributed by atoms with E-state index in [1.807, 2.05) is 12.0 Å². The number of fused-ring (bicyclic) bond motifs is 3. The number of thiophene rings is 1. The second-order valence-electron chi connectivity index (χ2n) is 6.38. The van der Waals surface area contributed by atoms with Crippen molar-refractivity contribution in [2.45, 2.75) is 25.4 Å². The largest absolute Gasteiger partial charge is 0.333 e. The SMILES string of the molecule is O=C(NC1CN2CCC1C2)N1C=Cc2sc(C#CC(F)F)cc2C1. The zero-order chi connectivity index (χ0) is 16.7. The standard InChI is InChI=1S/C17H17F2N3OS/c18-16(19)2-1-13-7-12-9-22(6-4-15(12)24-13)17(23)20-14-10-21-5-3-11(14)8-21/h4,6-7,11,14,16H,3,5,8-10H2,(H,20,23). The summed E-state index contributed by atoms with van der Waals surface area (Å²) in [5.74, 6) is 4.92. The quantitative estimate of drug-likeness (QED) is 0.791. The van der Waals surface area contributed by atoms with Gasteiger partial charge in [0.2, 0.25) is 0 Å². The van der Waals surface area contributed by atoms with Gasteiger partial charge in [0.15, 0.2) is 0 Å². The first kappa shape index (κ1) is 15.6. The minimum Gasteiger partial charge on any atom is -0.333 e. The molecule has 0 spiro atoms. The highest BCUT2D eigenvalue weighted by molar-refractivity contribution is 7.13. The number of urea groups is 1. The van der Waals surface area contributed by atoms with Crippen molar-refractivity contribution in [3.8, 4) is 11.8 Å². The van der Waals surface area contributed by atoms with Crippen LogP contribution in [0.15, 0.2) is 12.3 Å². The molecule has 1 N–H and O–H groups in total. The first-order valence-electron chi connectivity index (χ1n) is 7.98. The van der Waals surface area contributed by atoms with Crippen LogP contribution in [0.2, 0.25) is 0 Å². The lowest BCUT2D eigenvalue weighted by Crippen LogP contribution is -2.47. The van der Waals surface area contributed by atoms with Gasteiger partial charge in [-0.2, -0.15) is 8.78 Å². The monoisotopic (exact) mass is 349 g/mol. The van der Waals surface area contributed by atoms with E-state index in [-0.39, 0.29) is 12.1 Å². The summed E-state index contributed by atoms with van der Waals surface area (Å²) in [5.41, 5.74) is 0.952. The number of carbonyl (C=O) groups is 1. The lowest BCUT2D eigenvalue weighted by molar-refractivity contribution is 0.203. The normalized spacial score (nSPS) is 27.1. The Morgan fingerprint density at radius 3 is 3.00 bits per heavy atom. The van der Waals surface area contributed by atoms with Crippen molar-refractivity contribution in [3.63, 3.8) is 0 Å². The summed E-state index contributed by atoms with van der Waals surface area (Å²) >= 11 is 1.38. The summed E-state index contributed by atoms with van der Waals surface area (Å²) in [6.07, 6.45) is 2.13. The van der Waals surface area contributed by atoms with Gasteiger partial charge in [-0.05, 0) is 42.5 Å². The number of hydrogen-bond donors (Lipinski definition) is 1. The molecule has 0 aromatic carbocycles. The van der Waals surface area contributed by atoms with Crippen molar-refractivity contribution in [3.05, 3.63) is 27.6 Å². The van der Waals surface area contributed by atoms with Gasteiger partial charge in [0, 0.05) is 30.2 Å². The van der Waals surface area contributed by atoms with E-state index in [1.54, 1.807) is 17.2 Å². The van der Waals surface area contributed by atoms with E-state index in [1.165, 1.54) is 11.3 Å². The third-order valence-corrected chi connectivity index (χ3v) is 5.85. The third kappa shape index (κ3) is 3.04. The highest BCUT2D eigenvalue weighted by Gasteiger charge is 2.39. The second-order valence-corrected chi connectivity index (χ2v) is 7.46. The van der Waals surface area contributed by atoms with Crippen LogP contribution in [0, 0.1) is 17.8 Å². The highest BCUT2D eigenvalue weighted by Crippen LogP contribution is 2.30. The van der Waals surface area contributed by atoms with Crippen LogP contribution in [-0.2, 0) is 6.54 Å². The van der Waals surface area contributed by atoms with Crippen molar-refractivity contribution in [1.29, 1.82) is 0 Å². The fraction of sp³-hybridized carbons (Fsp3) is 0.471. The third-order valence-electron chi connectivity index (χ3n) is 4.80. The van der Waals surface area contributed by atoms with Crippen LogP contribution < -0.4 is 5.32 Å². The van der Waals surface area contributed by atoms with Crippen molar-refractivity contribution in [2.75, 3.05) is 19.6 Å². The fourth-order valence-corrected chi connectivity index (χ4v) is 4.55. The molecule has 1 aromatic heterocycles. The number of amides is 2. The molecule has 24 heavy (non-hydrogen) atoms. The summed E-state index contributed by atoms with van der Waals surface area (Å²) in [6, 6.07) is 1.93. The van der Waals surface area contributed by atoms with Crippen LogP contribution in [0.25, 0.3) is 6.08 Å². The predicted octanol–water partition coefficient (Wildman–Crippen LogP) is 2.56. The summed E-state index contributed by atoms with van der Waals surface area (Å²) in [7, 11) is 0. The molecule has 0 saturated carbocycles. The van der Waals surface area contributed by atoms with E-state index in [0.717, 1.165) is 36.5 Å². The molecular weight excluding hydrogens is 332 g/mol. The maximum absolute atomic E-state index is 12.5. The maximum atomic E-state index is 12.5. The van der Waals surface area contributed by atoms with Gasteiger partial charge in [-0.3, -0.25) is 4.90 Å².